The fraction of sp³-hybridized carbons (Fsp3) is 0.143. The highest BCUT2D eigenvalue weighted by atomic mass is 33.7. The standard InChI is InChI=1S/C28H24O4S4/c1-29-23-9-5-7-17-13-20-16-22-18(14-19(20)15-21(17)23)8-6-10-26(22)33-35-36-34-28-25(31-3)12-11-24(30-2)27(28)32-4/h5-16H,1-4H3. The Morgan fingerprint density at radius 3 is 1.81 bits per heavy atom. The van der Waals surface area contributed by atoms with Gasteiger partial charge in [-0.05, 0) is 117 Å². The molecule has 0 aliphatic rings. The average molecular weight is 553 g/mol. The number of hydrogen-bond acceptors (Lipinski definition) is 8. The van der Waals surface area contributed by atoms with Crippen LogP contribution in [0.2, 0.25) is 0 Å². The molecule has 5 aromatic rings. The molecule has 36 heavy (non-hydrogen) atoms. The third-order valence-electron chi connectivity index (χ3n) is 5.93. The molecule has 184 valence electrons. The Morgan fingerprint density at radius 2 is 1.11 bits per heavy atom. The normalized spacial score (nSPS) is 11.2. The second kappa shape index (κ2) is 11.3. The van der Waals surface area contributed by atoms with Crippen molar-refractivity contribution in [2.45, 2.75) is 9.79 Å². The second-order valence-electron chi connectivity index (χ2n) is 7.85. The summed E-state index contributed by atoms with van der Waals surface area (Å²) in [6, 6.07) is 25.4. The molecule has 0 aliphatic heterocycles. The largest absolute Gasteiger partial charge is 0.496 e. The van der Waals surface area contributed by atoms with E-state index < -0.39 is 0 Å². The van der Waals surface area contributed by atoms with Gasteiger partial charge in [-0.2, -0.15) is 0 Å². The third kappa shape index (κ3) is 4.87. The van der Waals surface area contributed by atoms with Gasteiger partial charge < -0.3 is 18.9 Å². The summed E-state index contributed by atoms with van der Waals surface area (Å²) >= 11 is 0. The van der Waals surface area contributed by atoms with Gasteiger partial charge in [0, 0.05) is 10.3 Å². The minimum absolute atomic E-state index is 0.681. The lowest BCUT2D eigenvalue weighted by Crippen LogP contribution is -1.94. The van der Waals surface area contributed by atoms with Gasteiger partial charge in [-0.15, -0.1) is 0 Å². The van der Waals surface area contributed by atoms with Gasteiger partial charge >= 0.3 is 0 Å². The molecular weight excluding hydrogens is 529 g/mol. The summed E-state index contributed by atoms with van der Waals surface area (Å²) < 4.78 is 22.2. The topological polar surface area (TPSA) is 36.9 Å². The molecule has 0 radical (unpaired) electrons. The molecule has 0 saturated heterocycles. The molecule has 0 bridgehead atoms. The fourth-order valence-electron chi connectivity index (χ4n) is 4.21. The Labute approximate surface area is 225 Å². The maximum Gasteiger partial charge on any atom is 0.178 e. The Hall–Kier alpha value is -2.52. The highest BCUT2D eigenvalue weighted by molar-refractivity contribution is 9.26. The van der Waals surface area contributed by atoms with Crippen LogP contribution in [0.3, 0.4) is 0 Å². The van der Waals surface area contributed by atoms with E-state index in [1.807, 2.05) is 24.3 Å². The van der Waals surface area contributed by atoms with Crippen LogP contribution in [0.15, 0.2) is 82.6 Å². The summed E-state index contributed by atoms with van der Waals surface area (Å²) in [5.74, 6) is 3.02. The van der Waals surface area contributed by atoms with Gasteiger partial charge in [0.25, 0.3) is 0 Å². The van der Waals surface area contributed by atoms with Crippen LogP contribution < -0.4 is 18.9 Å². The summed E-state index contributed by atoms with van der Waals surface area (Å²) in [6.07, 6.45) is 0. The van der Waals surface area contributed by atoms with Crippen LogP contribution in [0.1, 0.15) is 0 Å². The van der Waals surface area contributed by atoms with E-state index in [1.165, 1.54) is 31.8 Å². The smallest absolute Gasteiger partial charge is 0.178 e. The molecule has 0 saturated carbocycles. The van der Waals surface area contributed by atoms with Gasteiger partial charge in [0.2, 0.25) is 0 Å². The molecule has 4 nitrogen and oxygen atoms in total. The predicted octanol–water partition coefficient (Wildman–Crippen LogP) is 9.28. The Bertz CT molecular complexity index is 1550. The van der Waals surface area contributed by atoms with Crippen LogP contribution in [-0.2, 0) is 0 Å². The molecule has 5 aromatic carbocycles. The zero-order valence-corrected chi connectivity index (χ0v) is 23.5. The van der Waals surface area contributed by atoms with Crippen LogP contribution in [0, 0.1) is 0 Å². The van der Waals surface area contributed by atoms with E-state index in [1.54, 1.807) is 69.7 Å². The number of benzene rings is 5. The lowest BCUT2D eigenvalue weighted by Gasteiger charge is -2.15. The molecule has 0 atom stereocenters. The monoisotopic (exact) mass is 552 g/mol. The van der Waals surface area contributed by atoms with Gasteiger partial charge in [-0.3, -0.25) is 0 Å². The van der Waals surface area contributed by atoms with Crippen molar-refractivity contribution in [2.75, 3.05) is 28.4 Å². The predicted molar refractivity (Wildman–Crippen MR) is 159 cm³/mol. The number of rotatable bonds is 9. The van der Waals surface area contributed by atoms with Crippen LogP contribution in [0.25, 0.3) is 32.3 Å². The van der Waals surface area contributed by atoms with Crippen LogP contribution in [-0.4, -0.2) is 28.4 Å². The summed E-state index contributed by atoms with van der Waals surface area (Å²) in [5.41, 5.74) is 0. The van der Waals surface area contributed by atoms with Crippen molar-refractivity contribution in [1.29, 1.82) is 0 Å². The molecule has 0 N–H and O–H groups in total. The van der Waals surface area contributed by atoms with E-state index in [0.29, 0.717) is 11.5 Å². The summed E-state index contributed by atoms with van der Waals surface area (Å²) in [4.78, 5) is 2.13. The maximum absolute atomic E-state index is 5.61. The first-order valence-electron chi connectivity index (χ1n) is 11.1. The number of methoxy groups -OCH3 is 4. The zero-order chi connectivity index (χ0) is 25.1. The molecule has 0 spiro atoms. The Morgan fingerprint density at radius 1 is 0.500 bits per heavy atom. The summed E-state index contributed by atoms with van der Waals surface area (Å²) in [7, 11) is 13.4. The Kier molecular flexibility index (Phi) is 7.86. The molecule has 0 aliphatic carbocycles. The molecule has 0 fully saturated rings. The highest BCUT2D eigenvalue weighted by Crippen LogP contribution is 2.55. The van der Waals surface area contributed by atoms with Crippen molar-refractivity contribution in [3.8, 4) is 23.0 Å². The molecule has 0 unspecified atom stereocenters. The van der Waals surface area contributed by atoms with Gasteiger partial charge in [0.1, 0.15) is 16.4 Å². The van der Waals surface area contributed by atoms with Gasteiger partial charge in [-0.1, -0.05) is 24.3 Å². The molecule has 5 rings (SSSR count). The van der Waals surface area contributed by atoms with Crippen LogP contribution in [0.5, 0.6) is 23.0 Å². The summed E-state index contributed by atoms with van der Waals surface area (Å²) in [6.45, 7) is 0. The number of fused-ring (bicyclic) bond motifs is 3. The maximum atomic E-state index is 5.61. The first-order valence-corrected chi connectivity index (χ1v) is 15.9. The SMILES string of the molecule is COc1ccc(OC)c(SSSSc2cccc3cc4cc5c(OC)cccc5cc4cc23)c1OC. The van der Waals surface area contributed by atoms with Crippen molar-refractivity contribution >= 4 is 73.6 Å². The zero-order valence-electron chi connectivity index (χ0n) is 20.2. The number of ether oxygens (including phenoxy) is 4. The third-order valence-corrected chi connectivity index (χ3v) is 12.0. The number of hydrogen-bond donors (Lipinski definition) is 0. The first kappa shape index (κ1) is 25.1. The molecular formula is C28H24O4S4. The van der Waals surface area contributed by atoms with Gasteiger partial charge in [0.15, 0.2) is 11.5 Å². The van der Waals surface area contributed by atoms with E-state index >= 15 is 0 Å². The Balaban J connectivity index is 1.40. The van der Waals surface area contributed by atoms with E-state index in [0.717, 1.165) is 21.8 Å². The minimum Gasteiger partial charge on any atom is -0.496 e. The molecule has 0 aromatic heterocycles. The van der Waals surface area contributed by atoms with E-state index in [4.69, 9.17) is 18.9 Å². The second-order valence-corrected chi connectivity index (χ2v) is 13.6. The van der Waals surface area contributed by atoms with Gasteiger partial charge in [-0.25, -0.2) is 0 Å². The fourth-order valence-corrected chi connectivity index (χ4v) is 10.1. The molecule has 0 heterocycles. The lowest BCUT2D eigenvalue weighted by molar-refractivity contribution is 0.337. The quantitative estimate of drug-likeness (QED) is 0.102. The van der Waals surface area contributed by atoms with Gasteiger partial charge in [0.05, 0.1) is 28.4 Å². The summed E-state index contributed by atoms with van der Waals surface area (Å²) in [5, 5.41) is 7.19. The van der Waals surface area contributed by atoms with E-state index in [9.17, 15) is 0 Å². The van der Waals surface area contributed by atoms with E-state index in [2.05, 4.69) is 48.5 Å². The molecule has 0 amide bonds. The van der Waals surface area contributed by atoms with Crippen molar-refractivity contribution in [1.82, 2.24) is 0 Å². The van der Waals surface area contributed by atoms with Crippen molar-refractivity contribution in [3.05, 3.63) is 72.8 Å². The van der Waals surface area contributed by atoms with Crippen LogP contribution in [0.4, 0.5) is 0 Å². The van der Waals surface area contributed by atoms with Crippen molar-refractivity contribution in [3.63, 3.8) is 0 Å². The van der Waals surface area contributed by atoms with Crippen molar-refractivity contribution < 1.29 is 18.9 Å². The lowest BCUT2D eigenvalue weighted by atomic mass is 9.99. The molecule has 8 heteroatoms. The van der Waals surface area contributed by atoms with Crippen molar-refractivity contribution in [2.24, 2.45) is 0 Å². The first-order chi connectivity index (χ1) is 17.7. The van der Waals surface area contributed by atoms with Crippen LogP contribution >= 0.6 is 41.2 Å². The van der Waals surface area contributed by atoms with E-state index in [-0.39, 0.29) is 0 Å². The highest BCUT2D eigenvalue weighted by Gasteiger charge is 2.17. The average Bonchev–Trinajstić information content (AvgIpc) is 2.92. The minimum atomic E-state index is 0.681.